The second-order valence-corrected chi connectivity index (χ2v) is 17.0. The molecule has 3 rings (SSSR count). The van der Waals surface area contributed by atoms with Crippen LogP contribution in [-0.2, 0) is 16.4 Å². The summed E-state index contributed by atoms with van der Waals surface area (Å²) < 4.78 is 30.8. The minimum atomic E-state index is -3.73. The first-order chi connectivity index (χ1) is 16.3. The van der Waals surface area contributed by atoms with Crippen LogP contribution >= 0.6 is 16.1 Å². The van der Waals surface area contributed by atoms with Crippen LogP contribution in [0.3, 0.4) is 0 Å². The van der Waals surface area contributed by atoms with E-state index in [-0.39, 0.29) is 11.3 Å². The largest absolute Gasteiger partial charge is 0.250 e. The Morgan fingerprint density at radius 1 is 0.735 bits per heavy atom. The lowest BCUT2D eigenvalue weighted by molar-refractivity contribution is 0.578. The first kappa shape index (κ1) is 27.0. The molecular formula is C28H37NO2P2S. The highest BCUT2D eigenvalue weighted by Gasteiger charge is 2.41. The molecule has 0 atom stereocenters. The Bertz CT molecular complexity index is 1070. The molecule has 182 valence electrons. The lowest BCUT2D eigenvalue weighted by atomic mass is 10.1. The number of hydrogen-bond donors (Lipinski definition) is 0. The Labute approximate surface area is 209 Å². The van der Waals surface area contributed by atoms with Gasteiger partial charge in [-0.15, -0.1) is 3.85 Å². The molecule has 0 bridgehead atoms. The van der Waals surface area contributed by atoms with Crippen LogP contribution in [0.1, 0.15) is 53.0 Å². The fraction of sp³-hybridized carbons (Fsp3) is 0.357. The molecule has 0 aliphatic heterocycles. The highest BCUT2D eigenvalue weighted by Crippen LogP contribution is 2.63. The van der Waals surface area contributed by atoms with E-state index in [1.165, 1.54) is 5.56 Å². The average molecular weight is 514 g/mol. The lowest BCUT2D eigenvalue weighted by Gasteiger charge is -2.41. The maximum atomic E-state index is 14.5. The minimum absolute atomic E-state index is 0.228. The highest BCUT2D eigenvalue weighted by molar-refractivity contribution is 8.04. The van der Waals surface area contributed by atoms with Crippen molar-refractivity contribution in [1.82, 2.24) is 3.85 Å². The van der Waals surface area contributed by atoms with Gasteiger partial charge in [-0.2, -0.15) is 0 Å². The second-order valence-electron chi connectivity index (χ2n) is 9.03. The van der Waals surface area contributed by atoms with Crippen molar-refractivity contribution in [2.45, 2.75) is 70.1 Å². The van der Waals surface area contributed by atoms with E-state index in [2.05, 4.69) is 58.9 Å². The molecule has 0 aliphatic rings. The Kier molecular flexibility index (Phi) is 9.86. The molecule has 0 unspecified atom stereocenters. The zero-order chi connectivity index (χ0) is 24.7. The van der Waals surface area contributed by atoms with Crippen molar-refractivity contribution < 1.29 is 8.42 Å². The van der Waals surface area contributed by atoms with Gasteiger partial charge >= 0.3 is 0 Å². The number of nitrogens with zero attached hydrogens (tertiary/aromatic N) is 1. The fourth-order valence-corrected chi connectivity index (χ4v) is 15.2. The van der Waals surface area contributed by atoms with Crippen molar-refractivity contribution in [3.8, 4) is 0 Å². The zero-order valence-corrected chi connectivity index (χ0v) is 23.5. The van der Waals surface area contributed by atoms with E-state index in [1.807, 2.05) is 64.5 Å². The fourth-order valence-electron chi connectivity index (χ4n) is 4.11. The predicted molar refractivity (Wildman–Crippen MR) is 150 cm³/mol. The molecule has 3 nitrogen and oxygen atoms in total. The number of aryl methyl sites for hydroxylation is 1. The molecule has 0 saturated heterocycles. The van der Waals surface area contributed by atoms with Crippen LogP contribution in [0.15, 0.2) is 89.8 Å². The van der Waals surface area contributed by atoms with Crippen LogP contribution < -0.4 is 10.6 Å². The number of unbranched alkanes of at least 4 members (excludes halogenated alkanes) is 1. The van der Waals surface area contributed by atoms with Crippen molar-refractivity contribution in [2.24, 2.45) is 0 Å². The smallest absolute Gasteiger partial charge is 0.206 e. The van der Waals surface area contributed by atoms with Crippen LogP contribution in [-0.4, -0.2) is 23.6 Å². The normalized spacial score (nSPS) is 12.4. The lowest BCUT2D eigenvalue weighted by Crippen LogP contribution is -2.34. The third-order valence-corrected chi connectivity index (χ3v) is 14.9. The molecule has 3 aromatic rings. The summed E-state index contributed by atoms with van der Waals surface area (Å²) in [6, 6.07) is 27.9. The number of rotatable bonds is 11. The van der Waals surface area contributed by atoms with Crippen molar-refractivity contribution >= 4 is 36.8 Å². The molecule has 3 aromatic carbocycles. The van der Waals surface area contributed by atoms with Crippen molar-refractivity contribution in [3.63, 3.8) is 0 Å². The van der Waals surface area contributed by atoms with Gasteiger partial charge in [0.05, 0.1) is 4.90 Å². The van der Waals surface area contributed by atoms with Gasteiger partial charge in [-0.05, 0) is 60.5 Å². The Morgan fingerprint density at radius 2 is 1.21 bits per heavy atom. The third-order valence-electron chi connectivity index (χ3n) is 5.68. The van der Waals surface area contributed by atoms with E-state index in [1.54, 1.807) is 0 Å². The molecule has 34 heavy (non-hydrogen) atoms. The molecule has 0 spiro atoms. The molecule has 0 aromatic heterocycles. The van der Waals surface area contributed by atoms with Crippen LogP contribution in [0.25, 0.3) is 0 Å². The third kappa shape index (κ3) is 6.35. The van der Waals surface area contributed by atoms with Crippen molar-refractivity contribution in [3.05, 3.63) is 90.5 Å². The predicted octanol–water partition coefficient (Wildman–Crippen LogP) is 7.28. The van der Waals surface area contributed by atoms with E-state index in [0.717, 1.165) is 29.9 Å². The quantitative estimate of drug-likeness (QED) is 0.253. The van der Waals surface area contributed by atoms with Crippen LogP contribution in [0, 0.1) is 0 Å². The highest BCUT2D eigenvalue weighted by atomic mass is 32.2. The monoisotopic (exact) mass is 513 g/mol. The van der Waals surface area contributed by atoms with E-state index < -0.39 is 26.2 Å². The second kappa shape index (κ2) is 12.4. The standard InChI is InChI=1S/C28H37NO2P2S/c1-6-7-14-25-19-21-28(22-20-25)34(30,31)29(32(23(2)3)24(4)5)33(26-15-10-8-11-16-26)27-17-12-9-13-18-27/h8-13,15-24H,6-7,14H2,1-5H3. The molecule has 0 fully saturated rings. The van der Waals surface area contributed by atoms with Crippen molar-refractivity contribution in [2.75, 3.05) is 0 Å². The summed E-state index contributed by atoms with van der Waals surface area (Å²) >= 11 is 0. The zero-order valence-electron chi connectivity index (χ0n) is 20.9. The minimum Gasteiger partial charge on any atom is -0.206 e. The summed E-state index contributed by atoms with van der Waals surface area (Å²) in [6.07, 6.45) is 3.21. The summed E-state index contributed by atoms with van der Waals surface area (Å²) in [5.41, 5.74) is 1.65. The molecule has 6 heteroatoms. The first-order valence-corrected chi connectivity index (χ1v) is 16.3. The average Bonchev–Trinajstić information content (AvgIpc) is 2.83. The summed E-state index contributed by atoms with van der Waals surface area (Å²) in [7, 11) is -5.99. The van der Waals surface area contributed by atoms with Gasteiger partial charge in [-0.25, -0.2) is 8.42 Å². The number of benzene rings is 3. The van der Waals surface area contributed by atoms with Gasteiger partial charge in [0.25, 0.3) is 0 Å². The van der Waals surface area contributed by atoms with Crippen molar-refractivity contribution in [1.29, 1.82) is 0 Å². The number of hydrogen-bond acceptors (Lipinski definition) is 2. The molecule has 0 saturated carbocycles. The Hall–Kier alpha value is -1.57. The molecule has 0 heterocycles. The first-order valence-electron chi connectivity index (χ1n) is 12.1. The Balaban J connectivity index is 2.21. The van der Waals surface area contributed by atoms with E-state index in [9.17, 15) is 8.42 Å². The van der Waals surface area contributed by atoms with Gasteiger partial charge in [0.1, 0.15) is 0 Å². The van der Waals surface area contributed by atoms with Gasteiger partial charge in [-0.3, -0.25) is 0 Å². The molecular weight excluding hydrogens is 476 g/mol. The molecule has 0 amide bonds. The maximum Gasteiger partial charge on any atom is 0.250 e. The molecule has 0 N–H and O–H groups in total. The summed E-state index contributed by atoms with van der Waals surface area (Å²) in [4.78, 5) is 0.390. The van der Waals surface area contributed by atoms with E-state index >= 15 is 0 Å². The van der Waals surface area contributed by atoms with E-state index in [4.69, 9.17) is 0 Å². The number of sulfonamides is 1. The van der Waals surface area contributed by atoms with Gasteiger partial charge in [0.2, 0.25) is 10.0 Å². The van der Waals surface area contributed by atoms with Gasteiger partial charge in [0.15, 0.2) is 0 Å². The Morgan fingerprint density at radius 3 is 1.62 bits per heavy atom. The SMILES string of the molecule is CCCCc1ccc(S(=O)(=O)N(P(c2ccccc2)c2ccccc2)P(C(C)C)C(C)C)cc1. The summed E-state index contributed by atoms with van der Waals surface area (Å²) in [6.45, 7) is 10.8. The molecule has 0 radical (unpaired) electrons. The van der Waals surface area contributed by atoms with Gasteiger partial charge in [0, 0.05) is 8.07 Å². The van der Waals surface area contributed by atoms with E-state index in [0.29, 0.717) is 4.90 Å². The van der Waals surface area contributed by atoms with Crippen LogP contribution in [0.4, 0.5) is 0 Å². The summed E-state index contributed by atoms with van der Waals surface area (Å²) in [5, 5.41) is 2.11. The topological polar surface area (TPSA) is 37.4 Å². The van der Waals surface area contributed by atoms with Gasteiger partial charge in [-0.1, -0.05) is 114 Å². The van der Waals surface area contributed by atoms with Gasteiger partial charge < -0.3 is 0 Å². The summed E-state index contributed by atoms with van der Waals surface area (Å²) in [5.74, 6) is 0. The van der Waals surface area contributed by atoms with Crippen LogP contribution in [0.2, 0.25) is 0 Å². The molecule has 0 aliphatic carbocycles. The maximum absolute atomic E-state index is 14.5. The van der Waals surface area contributed by atoms with Crippen LogP contribution in [0.5, 0.6) is 0 Å².